The number of benzene rings is 1. The Kier molecular flexibility index (Phi) is 4.72. The second-order valence-corrected chi connectivity index (χ2v) is 8.54. The van der Waals surface area contributed by atoms with Gasteiger partial charge in [-0.3, -0.25) is 4.79 Å². The number of amides is 1. The average molecular weight is 407 g/mol. The molecule has 2 aromatic heterocycles. The summed E-state index contributed by atoms with van der Waals surface area (Å²) in [5, 5.41) is 7.24. The summed E-state index contributed by atoms with van der Waals surface area (Å²) in [7, 11) is 0. The van der Waals surface area contributed by atoms with Gasteiger partial charge in [-0.15, -0.1) is 0 Å². The van der Waals surface area contributed by atoms with Crippen molar-refractivity contribution < 1.29 is 14.3 Å². The van der Waals surface area contributed by atoms with Crippen molar-refractivity contribution >= 4 is 23.3 Å². The lowest BCUT2D eigenvalue weighted by Crippen LogP contribution is -2.29. The zero-order valence-corrected chi connectivity index (χ0v) is 17.5. The van der Waals surface area contributed by atoms with Crippen LogP contribution in [0.3, 0.4) is 0 Å². The fourth-order valence-electron chi connectivity index (χ4n) is 3.91. The Labute approximate surface area is 174 Å². The maximum absolute atomic E-state index is 13.0. The van der Waals surface area contributed by atoms with E-state index in [2.05, 4.69) is 15.4 Å². The predicted molar refractivity (Wildman–Crippen MR) is 112 cm³/mol. The Hall–Kier alpha value is -3.42. The number of fused-ring (bicyclic) bond motifs is 2. The lowest BCUT2D eigenvalue weighted by molar-refractivity contribution is 0.00685. The van der Waals surface area contributed by atoms with E-state index in [1.54, 1.807) is 18.3 Å². The molecule has 0 saturated heterocycles. The van der Waals surface area contributed by atoms with Crippen LogP contribution in [0.5, 0.6) is 0 Å². The van der Waals surface area contributed by atoms with Crippen LogP contribution in [0, 0.1) is 6.92 Å². The Bertz CT molecular complexity index is 1160. The van der Waals surface area contributed by atoms with Gasteiger partial charge in [-0.2, -0.15) is 5.10 Å². The molecule has 1 amide bonds. The molecule has 156 valence electrons. The van der Waals surface area contributed by atoms with Crippen LogP contribution in [0.25, 0.3) is 5.65 Å². The molecule has 1 aromatic carbocycles. The van der Waals surface area contributed by atoms with Crippen LogP contribution < -0.4 is 11.1 Å². The van der Waals surface area contributed by atoms with Gasteiger partial charge >= 0.3 is 5.97 Å². The number of esters is 1. The minimum Gasteiger partial charge on any atom is -0.456 e. The SMILES string of the molecule is Cc1c(C(=O)OC(C)(C)C)ccc2c1CC[C@@H]2NC(=O)c1cc(N)nc2ccnn12. The van der Waals surface area contributed by atoms with Crippen molar-refractivity contribution in [2.75, 3.05) is 5.73 Å². The molecule has 3 N–H and O–H groups in total. The van der Waals surface area contributed by atoms with Gasteiger partial charge in [0.1, 0.15) is 17.1 Å². The fourth-order valence-corrected chi connectivity index (χ4v) is 3.91. The Morgan fingerprint density at radius 2 is 2.03 bits per heavy atom. The highest BCUT2D eigenvalue weighted by Crippen LogP contribution is 2.35. The molecule has 0 bridgehead atoms. The van der Waals surface area contributed by atoms with E-state index in [1.807, 2.05) is 33.8 Å². The van der Waals surface area contributed by atoms with Gasteiger partial charge in [-0.05, 0) is 63.3 Å². The highest BCUT2D eigenvalue weighted by molar-refractivity contribution is 5.94. The number of nitrogen functional groups attached to an aromatic ring is 1. The van der Waals surface area contributed by atoms with Gasteiger partial charge in [-0.25, -0.2) is 14.3 Å². The fraction of sp³-hybridized carbons (Fsp3) is 0.364. The first-order valence-corrected chi connectivity index (χ1v) is 9.91. The molecule has 0 fully saturated rings. The molecule has 0 spiro atoms. The summed E-state index contributed by atoms with van der Waals surface area (Å²) in [6.45, 7) is 7.48. The van der Waals surface area contributed by atoms with Crippen LogP contribution in [-0.4, -0.2) is 32.1 Å². The first-order chi connectivity index (χ1) is 14.1. The topological polar surface area (TPSA) is 112 Å². The molecule has 1 aliphatic rings. The number of nitrogens with zero attached hydrogens (tertiary/aromatic N) is 3. The van der Waals surface area contributed by atoms with E-state index < -0.39 is 5.60 Å². The molecule has 8 heteroatoms. The Balaban J connectivity index is 1.59. The normalized spacial score (nSPS) is 15.8. The van der Waals surface area contributed by atoms with Gasteiger partial charge in [0, 0.05) is 12.1 Å². The minimum atomic E-state index is -0.552. The molecule has 1 atom stereocenters. The largest absolute Gasteiger partial charge is 0.456 e. The summed E-state index contributed by atoms with van der Waals surface area (Å²) < 4.78 is 6.99. The van der Waals surface area contributed by atoms with E-state index in [0.29, 0.717) is 16.9 Å². The minimum absolute atomic E-state index is 0.154. The van der Waals surface area contributed by atoms with Crippen LogP contribution in [0.4, 0.5) is 5.82 Å². The average Bonchev–Trinajstić information content (AvgIpc) is 3.27. The van der Waals surface area contributed by atoms with Crippen molar-refractivity contribution in [2.24, 2.45) is 0 Å². The van der Waals surface area contributed by atoms with Crippen LogP contribution in [0.2, 0.25) is 0 Å². The highest BCUT2D eigenvalue weighted by atomic mass is 16.6. The molecule has 30 heavy (non-hydrogen) atoms. The van der Waals surface area contributed by atoms with Crippen LogP contribution in [0.15, 0.2) is 30.5 Å². The molecule has 3 aromatic rings. The van der Waals surface area contributed by atoms with E-state index >= 15 is 0 Å². The van der Waals surface area contributed by atoms with Crippen molar-refractivity contribution in [2.45, 2.75) is 52.2 Å². The molecule has 0 saturated carbocycles. The van der Waals surface area contributed by atoms with Gasteiger partial charge in [0.15, 0.2) is 5.65 Å². The predicted octanol–water partition coefficient (Wildman–Crippen LogP) is 2.99. The number of ether oxygens (including phenoxy) is 1. The zero-order chi connectivity index (χ0) is 21.6. The van der Waals surface area contributed by atoms with Crippen LogP contribution in [0.1, 0.15) is 70.8 Å². The summed E-state index contributed by atoms with van der Waals surface area (Å²) in [4.78, 5) is 29.7. The molecule has 2 heterocycles. The number of rotatable bonds is 3. The van der Waals surface area contributed by atoms with Gasteiger partial charge in [0.05, 0.1) is 17.8 Å². The van der Waals surface area contributed by atoms with Crippen molar-refractivity contribution in [1.82, 2.24) is 19.9 Å². The van der Waals surface area contributed by atoms with E-state index in [9.17, 15) is 9.59 Å². The first kappa shape index (κ1) is 19.9. The number of hydrogen-bond acceptors (Lipinski definition) is 6. The van der Waals surface area contributed by atoms with Gasteiger partial charge in [-0.1, -0.05) is 6.07 Å². The Morgan fingerprint density at radius 1 is 1.27 bits per heavy atom. The van der Waals surface area contributed by atoms with E-state index in [1.165, 1.54) is 10.6 Å². The number of aromatic nitrogens is 3. The maximum Gasteiger partial charge on any atom is 0.338 e. The molecule has 0 aliphatic heterocycles. The van der Waals surface area contributed by atoms with Crippen molar-refractivity contribution in [3.8, 4) is 0 Å². The number of nitrogens with one attached hydrogen (secondary N) is 1. The number of nitrogens with two attached hydrogens (primary N) is 1. The van der Waals surface area contributed by atoms with Gasteiger partial charge < -0.3 is 15.8 Å². The standard InChI is InChI=1S/C22H25N5O3/c1-12-13-7-8-16(15(13)6-5-14(12)21(29)30-22(2,3)4)25-20(28)17-11-18(23)26-19-9-10-24-27(17)19/h5-6,9-11,16H,7-8H2,1-4H3,(H2,23,26)(H,25,28)/t16-/m0/s1. The summed E-state index contributed by atoms with van der Waals surface area (Å²) in [6, 6.07) is 6.74. The number of carbonyl (C=O) groups is 2. The number of carbonyl (C=O) groups excluding carboxylic acids is 2. The van der Waals surface area contributed by atoms with Crippen LogP contribution in [-0.2, 0) is 11.2 Å². The summed E-state index contributed by atoms with van der Waals surface area (Å²) in [5.74, 6) is -0.342. The van der Waals surface area contributed by atoms with Crippen molar-refractivity contribution in [3.05, 3.63) is 58.4 Å². The van der Waals surface area contributed by atoms with Crippen molar-refractivity contribution in [1.29, 1.82) is 0 Å². The molecular weight excluding hydrogens is 382 g/mol. The highest BCUT2D eigenvalue weighted by Gasteiger charge is 2.29. The molecular formula is C22H25N5O3. The lowest BCUT2D eigenvalue weighted by Gasteiger charge is -2.21. The van der Waals surface area contributed by atoms with E-state index in [4.69, 9.17) is 10.5 Å². The van der Waals surface area contributed by atoms with Gasteiger partial charge in [0.25, 0.3) is 5.91 Å². The van der Waals surface area contributed by atoms with Gasteiger partial charge in [0.2, 0.25) is 0 Å². The second-order valence-electron chi connectivity index (χ2n) is 8.54. The van der Waals surface area contributed by atoms with Crippen molar-refractivity contribution in [3.63, 3.8) is 0 Å². The molecule has 1 aliphatic carbocycles. The van der Waals surface area contributed by atoms with E-state index in [-0.39, 0.29) is 23.7 Å². The third-order valence-electron chi connectivity index (χ3n) is 5.23. The molecule has 0 radical (unpaired) electrons. The Morgan fingerprint density at radius 3 is 2.77 bits per heavy atom. The number of anilines is 1. The third kappa shape index (κ3) is 3.60. The molecule has 8 nitrogen and oxygen atoms in total. The maximum atomic E-state index is 13.0. The monoisotopic (exact) mass is 407 g/mol. The quantitative estimate of drug-likeness (QED) is 0.646. The third-order valence-corrected chi connectivity index (χ3v) is 5.23. The van der Waals surface area contributed by atoms with Crippen LogP contribution >= 0.6 is 0 Å². The molecule has 0 unspecified atom stereocenters. The molecule has 4 rings (SSSR count). The summed E-state index contributed by atoms with van der Waals surface area (Å²) >= 11 is 0. The number of hydrogen-bond donors (Lipinski definition) is 2. The van der Waals surface area contributed by atoms with E-state index in [0.717, 1.165) is 29.5 Å². The second kappa shape index (κ2) is 7.12. The smallest absolute Gasteiger partial charge is 0.338 e. The summed E-state index contributed by atoms with van der Waals surface area (Å²) in [5.41, 5.74) is 9.71. The lowest BCUT2D eigenvalue weighted by atomic mass is 9.97. The first-order valence-electron chi connectivity index (χ1n) is 9.91. The summed E-state index contributed by atoms with van der Waals surface area (Å²) in [6.07, 6.45) is 3.10. The zero-order valence-electron chi connectivity index (χ0n) is 17.5.